The number of carbonyl (C=O) groups excluding carboxylic acids is 2. The maximum absolute atomic E-state index is 13.7. The zero-order valence-corrected chi connectivity index (χ0v) is 14.8. The van der Waals surface area contributed by atoms with Crippen molar-refractivity contribution >= 4 is 17.5 Å². The van der Waals surface area contributed by atoms with Gasteiger partial charge in [-0.05, 0) is 42.2 Å². The van der Waals surface area contributed by atoms with Crippen molar-refractivity contribution in [3.05, 3.63) is 65.5 Å². The van der Waals surface area contributed by atoms with Gasteiger partial charge in [0.2, 0.25) is 11.8 Å². The van der Waals surface area contributed by atoms with Crippen molar-refractivity contribution in [2.75, 3.05) is 18.4 Å². The number of fused-ring (bicyclic) bond motifs is 1. The summed E-state index contributed by atoms with van der Waals surface area (Å²) in [6.07, 6.45) is 0.865. The molecule has 4 rings (SSSR count). The minimum Gasteiger partial charge on any atom is -0.385 e. The summed E-state index contributed by atoms with van der Waals surface area (Å²) < 4.78 is 13.7. The zero-order valence-electron chi connectivity index (χ0n) is 14.8. The molecule has 0 bridgehead atoms. The lowest BCUT2D eigenvalue weighted by Gasteiger charge is -2.40. The standard InChI is InChI=1S/C21H21FN2O3/c22-15-6-7-18-16(12-15)17(13-19(25)23-18)20(26)24-10-8-21(27,9-11-24)14-4-2-1-3-5-14/h1-7,12,17,27H,8-11,13H2,(H,23,25). The fourth-order valence-corrected chi connectivity index (χ4v) is 4.01. The second-order valence-electron chi connectivity index (χ2n) is 7.26. The molecule has 2 aliphatic heterocycles. The van der Waals surface area contributed by atoms with Gasteiger partial charge in [0.25, 0.3) is 0 Å². The molecular formula is C21H21FN2O3. The Kier molecular flexibility index (Phi) is 4.44. The molecule has 1 fully saturated rings. The van der Waals surface area contributed by atoms with Gasteiger partial charge >= 0.3 is 0 Å². The number of halogens is 1. The molecule has 0 aromatic heterocycles. The zero-order chi connectivity index (χ0) is 19.0. The first kappa shape index (κ1) is 17.7. The van der Waals surface area contributed by atoms with Crippen molar-refractivity contribution in [2.45, 2.75) is 30.8 Å². The summed E-state index contributed by atoms with van der Waals surface area (Å²) >= 11 is 0. The highest BCUT2D eigenvalue weighted by atomic mass is 19.1. The van der Waals surface area contributed by atoms with E-state index in [1.165, 1.54) is 18.2 Å². The number of piperidine rings is 1. The first-order valence-corrected chi connectivity index (χ1v) is 9.12. The van der Waals surface area contributed by atoms with Gasteiger partial charge in [-0.25, -0.2) is 4.39 Å². The second-order valence-corrected chi connectivity index (χ2v) is 7.26. The van der Waals surface area contributed by atoms with Crippen LogP contribution in [0.3, 0.4) is 0 Å². The van der Waals surface area contributed by atoms with E-state index in [0.717, 1.165) is 5.56 Å². The van der Waals surface area contributed by atoms with Crippen molar-refractivity contribution in [1.82, 2.24) is 4.90 Å². The van der Waals surface area contributed by atoms with Crippen LogP contribution in [0.15, 0.2) is 48.5 Å². The molecular weight excluding hydrogens is 347 g/mol. The lowest BCUT2D eigenvalue weighted by Crippen LogP contribution is -2.47. The van der Waals surface area contributed by atoms with Gasteiger partial charge in [-0.15, -0.1) is 0 Å². The summed E-state index contributed by atoms with van der Waals surface area (Å²) in [7, 11) is 0. The van der Waals surface area contributed by atoms with Gasteiger partial charge in [0, 0.05) is 25.2 Å². The normalized spacial score (nSPS) is 21.3. The maximum atomic E-state index is 13.7. The quantitative estimate of drug-likeness (QED) is 0.856. The molecule has 6 heteroatoms. The van der Waals surface area contributed by atoms with Gasteiger partial charge in [-0.1, -0.05) is 30.3 Å². The molecule has 27 heavy (non-hydrogen) atoms. The Morgan fingerprint density at radius 2 is 1.85 bits per heavy atom. The number of amides is 2. The van der Waals surface area contributed by atoms with Gasteiger partial charge in [-0.2, -0.15) is 0 Å². The Labute approximate surface area is 156 Å². The van der Waals surface area contributed by atoms with Crippen LogP contribution in [0.4, 0.5) is 10.1 Å². The number of hydrogen-bond donors (Lipinski definition) is 2. The van der Waals surface area contributed by atoms with E-state index in [0.29, 0.717) is 37.2 Å². The summed E-state index contributed by atoms with van der Waals surface area (Å²) in [4.78, 5) is 26.7. The lowest BCUT2D eigenvalue weighted by molar-refractivity contribution is -0.139. The van der Waals surface area contributed by atoms with Gasteiger partial charge < -0.3 is 15.3 Å². The van der Waals surface area contributed by atoms with Crippen molar-refractivity contribution in [3.63, 3.8) is 0 Å². The average molecular weight is 368 g/mol. The van der Waals surface area contributed by atoms with Crippen LogP contribution in [-0.2, 0) is 15.2 Å². The van der Waals surface area contributed by atoms with Crippen LogP contribution in [0.5, 0.6) is 0 Å². The number of benzene rings is 2. The highest BCUT2D eigenvalue weighted by Crippen LogP contribution is 2.37. The van der Waals surface area contributed by atoms with Gasteiger partial charge in [0.15, 0.2) is 0 Å². The van der Waals surface area contributed by atoms with E-state index < -0.39 is 17.3 Å². The Bertz CT molecular complexity index is 876. The number of carbonyl (C=O) groups is 2. The number of anilines is 1. The fraction of sp³-hybridized carbons (Fsp3) is 0.333. The summed E-state index contributed by atoms with van der Waals surface area (Å²) in [5.41, 5.74) is 0.903. The van der Waals surface area contributed by atoms with E-state index in [9.17, 15) is 19.1 Å². The van der Waals surface area contributed by atoms with Gasteiger partial charge in [0.05, 0.1) is 11.5 Å². The summed E-state index contributed by atoms with van der Waals surface area (Å²) in [5.74, 6) is -1.55. The molecule has 0 saturated carbocycles. The first-order valence-electron chi connectivity index (χ1n) is 9.12. The van der Waals surface area contributed by atoms with E-state index in [2.05, 4.69) is 5.32 Å². The monoisotopic (exact) mass is 368 g/mol. The molecule has 1 saturated heterocycles. The molecule has 0 radical (unpaired) electrons. The Morgan fingerprint density at radius 3 is 2.56 bits per heavy atom. The van der Waals surface area contributed by atoms with Gasteiger partial charge in [-0.3, -0.25) is 9.59 Å². The summed E-state index contributed by atoms with van der Waals surface area (Å²) in [5, 5.41) is 13.6. The molecule has 140 valence electrons. The van der Waals surface area contributed by atoms with Gasteiger partial charge in [0.1, 0.15) is 5.82 Å². The van der Waals surface area contributed by atoms with Crippen LogP contribution >= 0.6 is 0 Å². The van der Waals surface area contributed by atoms with Crippen LogP contribution in [0.1, 0.15) is 36.3 Å². The first-order chi connectivity index (χ1) is 13.0. The maximum Gasteiger partial charge on any atom is 0.230 e. The van der Waals surface area contributed by atoms with E-state index in [1.54, 1.807) is 4.90 Å². The summed E-state index contributed by atoms with van der Waals surface area (Å²) in [6.45, 7) is 0.792. The highest BCUT2D eigenvalue weighted by Gasteiger charge is 2.39. The Morgan fingerprint density at radius 1 is 1.15 bits per heavy atom. The molecule has 0 spiro atoms. The van der Waals surface area contributed by atoms with E-state index >= 15 is 0 Å². The lowest BCUT2D eigenvalue weighted by atomic mass is 9.83. The minimum atomic E-state index is -0.952. The number of nitrogens with zero attached hydrogens (tertiary/aromatic N) is 1. The molecule has 1 unspecified atom stereocenters. The molecule has 5 nitrogen and oxygen atoms in total. The number of hydrogen-bond acceptors (Lipinski definition) is 3. The molecule has 2 aromatic rings. The summed E-state index contributed by atoms with van der Waals surface area (Å²) in [6, 6.07) is 13.5. The van der Waals surface area contributed by atoms with Crippen molar-refractivity contribution in [2.24, 2.45) is 0 Å². The molecule has 1 atom stereocenters. The van der Waals surface area contributed by atoms with Crippen LogP contribution in [0.25, 0.3) is 0 Å². The fourth-order valence-electron chi connectivity index (χ4n) is 4.01. The second kappa shape index (κ2) is 6.78. The Hall–Kier alpha value is -2.73. The smallest absolute Gasteiger partial charge is 0.230 e. The minimum absolute atomic E-state index is 0.00867. The third kappa shape index (κ3) is 3.32. The van der Waals surface area contributed by atoms with E-state index in [1.807, 2.05) is 30.3 Å². The molecule has 2 N–H and O–H groups in total. The number of likely N-dealkylation sites (tertiary alicyclic amines) is 1. The van der Waals surface area contributed by atoms with E-state index in [4.69, 9.17) is 0 Å². The van der Waals surface area contributed by atoms with Crippen LogP contribution in [0, 0.1) is 5.82 Å². The number of aliphatic hydroxyl groups is 1. The molecule has 2 aliphatic rings. The number of rotatable bonds is 2. The topological polar surface area (TPSA) is 69.6 Å². The third-order valence-electron chi connectivity index (χ3n) is 5.56. The molecule has 0 aliphatic carbocycles. The predicted octanol–water partition coefficient (Wildman–Crippen LogP) is 2.76. The predicted molar refractivity (Wildman–Crippen MR) is 98.5 cm³/mol. The van der Waals surface area contributed by atoms with Crippen LogP contribution < -0.4 is 5.32 Å². The SMILES string of the molecule is O=C1CC(C(=O)N2CCC(O)(c3ccccc3)CC2)c2cc(F)ccc2N1. The van der Waals surface area contributed by atoms with Crippen molar-refractivity contribution in [1.29, 1.82) is 0 Å². The largest absolute Gasteiger partial charge is 0.385 e. The Balaban J connectivity index is 1.52. The third-order valence-corrected chi connectivity index (χ3v) is 5.56. The molecule has 2 aromatic carbocycles. The highest BCUT2D eigenvalue weighted by molar-refractivity contribution is 6.01. The average Bonchev–Trinajstić information content (AvgIpc) is 2.68. The van der Waals surface area contributed by atoms with Crippen LogP contribution in [0.2, 0.25) is 0 Å². The molecule has 2 amide bonds. The van der Waals surface area contributed by atoms with Crippen LogP contribution in [-0.4, -0.2) is 34.9 Å². The molecule has 2 heterocycles. The van der Waals surface area contributed by atoms with Crippen molar-refractivity contribution in [3.8, 4) is 0 Å². The van der Waals surface area contributed by atoms with E-state index in [-0.39, 0.29) is 18.2 Å². The van der Waals surface area contributed by atoms with Crippen molar-refractivity contribution < 1.29 is 19.1 Å². The number of nitrogens with one attached hydrogen (secondary N) is 1.